The van der Waals surface area contributed by atoms with Crippen molar-refractivity contribution in [2.45, 2.75) is 160 Å². The van der Waals surface area contributed by atoms with Crippen molar-refractivity contribution in [3.63, 3.8) is 0 Å². The highest BCUT2D eigenvalue weighted by atomic mass is 33.1. The van der Waals surface area contributed by atoms with Crippen LogP contribution in [0.5, 0.6) is 0 Å². The molecule has 3 heterocycles. The van der Waals surface area contributed by atoms with Crippen LogP contribution in [0.1, 0.15) is 124 Å². The number of nitrogens with zero attached hydrogens (tertiary/aromatic N) is 2. The predicted octanol–water partition coefficient (Wildman–Crippen LogP) is 3.71. The molecule has 6 atom stereocenters. The maximum atomic E-state index is 14.1. The summed E-state index contributed by atoms with van der Waals surface area (Å²) in [5, 5.41) is 18.2. The van der Waals surface area contributed by atoms with Gasteiger partial charge in [0, 0.05) is 31.0 Å². The molecule has 0 bridgehead atoms. The Hall–Kier alpha value is -2.52. The van der Waals surface area contributed by atoms with Gasteiger partial charge >= 0.3 is 5.97 Å². The molecule has 3 unspecified atom stereocenters. The highest BCUT2D eigenvalue weighted by Crippen LogP contribution is 2.29. The first-order valence-electron chi connectivity index (χ1n) is 19.5. The second-order valence-electron chi connectivity index (χ2n) is 14.8. The van der Waals surface area contributed by atoms with Crippen LogP contribution in [0.25, 0.3) is 0 Å². The first-order chi connectivity index (χ1) is 25.0. The summed E-state index contributed by atoms with van der Waals surface area (Å²) in [5.41, 5.74) is 0. The first kappa shape index (κ1) is 43.9. The highest BCUT2D eigenvalue weighted by Gasteiger charge is 2.44. The molecule has 4 N–H and O–H groups in total. The topological polar surface area (TPSA) is 174 Å². The molecule has 3 aliphatic heterocycles. The van der Waals surface area contributed by atoms with E-state index in [2.05, 4.69) is 16.0 Å². The third kappa shape index (κ3) is 14.0. The molecule has 0 aromatic carbocycles. The number of methoxy groups -OCH3 is 1. The van der Waals surface area contributed by atoms with E-state index in [9.17, 15) is 33.9 Å². The normalized spacial score (nSPS) is 25.6. The predicted molar refractivity (Wildman–Crippen MR) is 204 cm³/mol. The van der Waals surface area contributed by atoms with Crippen molar-refractivity contribution in [2.24, 2.45) is 5.92 Å². The monoisotopic (exact) mass is 769 g/mol. The first-order valence-corrected chi connectivity index (χ1v) is 22.0. The number of aliphatic hydroxyl groups excluding tert-OH is 1. The molecule has 0 radical (unpaired) electrons. The summed E-state index contributed by atoms with van der Waals surface area (Å²) >= 11 is 0. The standard InChI is InChI=1S/C37H63N5O8S2/c1-5-26(43)16-12-10-8-6-7-9-11-13-19-32(44)38-28-23-51-52-24-29(37(49)50-4)40-33(45)27(22-25(2)3)39-34(46)30-17-14-20-41(30)36(48)31-18-15-21-42(31)35(28)47/h25-31,43H,5-24H2,1-4H3,(H,38,44)(H,39,46)(H,40,45)/t26-,27?,28?,29?,30+,31+/m1/s1. The summed E-state index contributed by atoms with van der Waals surface area (Å²) < 4.78 is 4.97. The fraction of sp³-hybridized carbons (Fsp3) is 0.838. The molecule has 3 rings (SSSR count). The van der Waals surface area contributed by atoms with Crippen LogP contribution < -0.4 is 16.0 Å². The smallest absolute Gasteiger partial charge is 0.329 e. The van der Waals surface area contributed by atoms with Gasteiger partial charge in [0.25, 0.3) is 0 Å². The van der Waals surface area contributed by atoms with Crippen LogP contribution in [0.4, 0.5) is 0 Å². The van der Waals surface area contributed by atoms with Gasteiger partial charge in [-0.2, -0.15) is 0 Å². The van der Waals surface area contributed by atoms with E-state index < -0.39 is 48.0 Å². The molecule has 13 nitrogen and oxygen atoms in total. The molecule has 296 valence electrons. The summed E-state index contributed by atoms with van der Waals surface area (Å²) in [7, 11) is 3.82. The Labute approximate surface area is 318 Å². The van der Waals surface area contributed by atoms with Crippen molar-refractivity contribution in [1.82, 2.24) is 25.8 Å². The molecule has 0 aliphatic carbocycles. The summed E-state index contributed by atoms with van der Waals surface area (Å²) in [6.45, 7) is 6.62. The van der Waals surface area contributed by atoms with Gasteiger partial charge in [-0.05, 0) is 57.3 Å². The van der Waals surface area contributed by atoms with E-state index in [4.69, 9.17) is 4.74 Å². The highest BCUT2D eigenvalue weighted by molar-refractivity contribution is 8.76. The van der Waals surface area contributed by atoms with E-state index in [-0.39, 0.29) is 47.7 Å². The molecule has 3 saturated heterocycles. The fourth-order valence-electron chi connectivity index (χ4n) is 7.14. The van der Waals surface area contributed by atoms with E-state index in [1.54, 1.807) is 9.80 Å². The molecule has 15 heteroatoms. The Balaban J connectivity index is 1.68. The largest absolute Gasteiger partial charge is 0.467 e. The lowest BCUT2D eigenvalue weighted by Gasteiger charge is -2.33. The lowest BCUT2D eigenvalue weighted by molar-refractivity contribution is -0.148. The third-order valence-corrected chi connectivity index (χ3v) is 12.6. The van der Waals surface area contributed by atoms with Crippen molar-refractivity contribution in [2.75, 3.05) is 31.7 Å². The fourth-order valence-corrected chi connectivity index (χ4v) is 9.44. The minimum atomic E-state index is -0.998. The minimum absolute atomic E-state index is 0.0605. The molecule has 0 saturated carbocycles. The van der Waals surface area contributed by atoms with Crippen LogP contribution in [0.3, 0.4) is 0 Å². The average Bonchev–Trinajstić information content (AvgIpc) is 3.82. The molecule has 3 aliphatic rings. The summed E-state index contributed by atoms with van der Waals surface area (Å²) in [5.74, 6) is -2.00. The van der Waals surface area contributed by atoms with E-state index >= 15 is 0 Å². The number of nitrogens with one attached hydrogen (secondary N) is 3. The van der Waals surface area contributed by atoms with Crippen LogP contribution >= 0.6 is 21.6 Å². The Bertz CT molecular complexity index is 1190. The number of amides is 5. The van der Waals surface area contributed by atoms with Gasteiger partial charge in [-0.15, -0.1) is 0 Å². The van der Waals surface area contributed by atoms with Gasteiger partial charge in [0.2, 0.25) is 29.5 Å². The molecule has 0 aromatic heterocycles. The molecule has 3 fully saturated rings. The van der Waals surface area contributed by atoms with Gasteiger partial charge in [0.05, 0.1) is 13.2 Å². The summed E-state index contributed by atoms with van der Waals surface area (Å²) in [6, 6.07) is -4.31. The third-order valence-electron chi connectivity index (χ3n) is 10.2. The van der Waals surface area contributed by atoms with Gasteiger partial charge in [-0.3, -0.25) is 24.0 Å². The molecule has 5 amide bonds. The van der Waals surface area contributed by atoms with Crippen LogP contribution in [-0.2, 0) is 33.5 Å². The number of ether oxygens (including phenoxy) is 1. The summed E-state index contributed by atoms with van der Waals surface area (Å²) in [4.78, 5) is 84.2. The zero-order valence-corrected chi connectivity index (χ0v) is 33.3. The van der Waals surface area contributed by atoms with Gasteiger partial charge in [0.1, 0.15) is 30.2 Å². The van der Waals surface area contributed by atoms with E-state index in [0.717, 1.165) is 57.8 Å². The van der Waals surface area contributed by atoms with Crippen LogP contribution in [0.15, 0.2) is 0 Å². The van der Waals surface area contributed by atoms with Gasteiger partial charge < -0.3 is 35.6 Å². The Morgan fingerprint density at radius 2 is 1.44 bits per heavy atom. The van der Waals surface area contributed by atoms with Crippen LogP contribution in [0, 0.1) is 5.92 Å². The Kier molecular flexibility index (Phi) is 19.7. The number of carbonyl (C=O) groups excluding carboxylic acids is 6. The van der Waals surface area contributed by atoms with Crippen molar-refractivity contribution >= 4 is 57.1 Å². The maximum Gasteiger partial charge on any atom is 0.329 e. The van der Waals surface area contributed by atoms with Gasteiger partial charge in [-0.1, -0.05) is 87.3 Å². The average molecular weight is 770 g/mol. The number of rotatable bonds is 16. The second kappa shape index (κ2) is 23.3. The van der Waals surface area contributed by atoms with Crippen molar-refractivity contribution in [3.8, 4) is 0 Å². The minimum Gasteiger partial charge on any atom is -0.467 e. The zero-order valence-electron chi connectivity index (χ0n) is 31.7. The zero-order chi connectivity index (χ0) is 38.0. The van der Waals surface area contributed by atoms with Crippen molar-refractivity contribution < 1.29 is 38.6 Å². The van der Waals surface area contributed by atoms with E-state index in [1.807, 2.05) is 20.8 Å². The van der Waals surface area contributed by atoms with Crippen LogP contribution in [0.2, 0.25) is 0 Å². The maximum absolute atomic E-state index is 14.1. The number of aliphatic hydroxyl groups is 1. The van der Waals surface area contributed by atoms with Crippen molar-refractivity contribution in [1.29, 1.82) is 0 Å². The molecule has 0 aromatic rings. The number of unbranched alkanes of at least 4 members (excludes halogenated alkanes) is 7. The Morgan fingerprint density at radius 1 is 0.846 bits per heavy atom. The number of fused-ring (bicyclic) bond motifs is 2. The number of hydrogen-bond donors (Lipinski definition) is 4. The Morgan fingerprint density at radius 3 is 2.08 bits per heavy atom. The quantitative estimate of drug-likeness (QED) is 0.103. The lowest BCUT2D eigenvalue weighted by Crippen LogP contribution is -2.58. The summed E-state index contributed by atoms with van der Waals surface area (Å²) in [6.07, 6.45) is 12.5. The van der Waals surface area contributed by atoms with Crippen molar-refractivity contribution in [3.05, 3.63) is 0 Å². The number of carbonyl (C=O) groups is 6. The van der Waals surface area contributed by atoms with Crippen LogP contribution in [-0.4, -0.2) is 118 Å². The lowest BCUT2D eigenvalue weighted by atomic mass is 10.0. The number of esters is 1. The van der Waals surface area contributed by atoms with E-state index in [0.29, 0.717) is 51.6 Å². The molecule has 0 spiro atoms. The van der Waals surface area contributed by atoms with Gasteiger partial charge in [-0.25, -0.2) is 4.79 Å². The molecular formula is C37H63N5O8S2. The molecule has 52 heavy (non-hydrogen) atoms. The van der Waals surface area contributed by atoms with E-state index in [1.165, 1.54) is 28.7 Å². The molecular weight excluding hydrogens is 707 g/mol. The SMILES string of the molecule is CC[C@@H](O)CCCCCCCCCCC(=O)NC1CSSCC(C(=O)OC)NC(=O)C(CC(C)C)NC(=O)[C@@H]2CCCN2C(=O)[C@@H]2CCCN2C1=O. The van der Waals surface area contributed by atoms with Gasteiger partial charge in [0.15, 0.2) is 0 Å². The number of hydrogen-bond acceptors (Lipinski definition) is 10. The second-order valence-corrected chi connectivity index (χ2v) is 17.3.